The molecule has 1 unspecified atom stereocenters. The van der Waals surface area contributed by atoms with E-state index < -0.39 is 23.1 Å². The Morgan fingerprint density at radius 1 is 1.11 bits per heavy atom. The van der Waals surface area contributed by atoms with Gasteiger partial charge in [-0.25, -0.2) is 4.39 Å². The van der Waals surface area contributed by atoms with Crippen LogP contribution in [0.5, 0.6) is 0 Å². The highest BCUT2D eigenvalue weighted by Gasteiger charge is 2.54. The van der Waals surface area contributed by atoms with Gasteiger partial charge in [-0.15, -0.1) is 0 Å². The number of nitrogens with zero attached hydrogens (tertiary/aromatic N) is 4. The van der Waals surface area contributed by atoms with Crippen LogP contribution in [0.1, 0.15) is 45.4 Å². The van der Waals surface area contributed by atoms with Crippen LogP contribution in [0.25, 0.3) is 0 Å². The van der Waals surface area contributed by atoms with Gasteiger partial charge in [0, 0.05) is 37.1 Å². The fourth-order valence-electron chi connectivity index (χ4n) is 4.80. The normalized spacial score (nSPS) is 18.7. The van der Waals surface area contributed by atoms with Gasteiger partial charge in [0.25, 0.3) is 5.91 Å². The largest absolute Gasteiger partial charge is 0.379 e. The summed E-state index contributed by atoms with van der Waals surface area (Å²) in [5.41, 5.74) is -1.63. The van der Waals surface area contributed by atoms with Crippen LogP contribution < -0.4 is 0 Å². The number of aromatic nitrogens is 3. The number of benzene rings is 2. The van der Waals surface area contributed by atoms with Crippen LogP contribution in [0.4, 0.5) is 4.39 Å². The van der Waals surface area contributed by atoms with Gasteiger partial charge < -0.3 is 9.84 Å². The standard InChI is InChI=1S/C27H23Cl2FN4O3/c1-26(36,23-10-11-33(2)32-23)17-12-21-24(22(30)13-17)27(37-3,16-4-6-18(28)7-5-16)34(25(21)35)15-20-9-8-19(29)14-31-20/h4-14,36H,15H2,1-3H3/t26?,27-/m1/s1. The zero-order chi connectivity index (χ0) is 26.5. The molecule has 1 amide bonds. The Kier molecular flexibility index (Phi) is 6.32. The lowest BCUT2D eigenvalue weighted by Gasteiger charge is -2.38. The summed E-state index contributed by atoms with van der Waals surface area (Å²) in [7, 11) is 3.13. The number of hydrogen-bond acceptors (Lipinski definition) is 5. The Morgan fingerprint density at radius 2 is 1.81 bits per heavy atom. The Balaban J connectivity index is 1.72. The van der Waals surface area contributed by atoms with Crippen molar-refractivity contribution in [1.29, 1.82) is 0 Å². The van der Waals surface area contributed by atoms with E-state index in [0.717, 1.165) is 0 Å². The highest BCUT2D eigenvalue weighted by atomic mass is 35.5. The van der Waals surface area contributed by atoms with Crippen molar-refractivity contribution in [1.82, 2.24) is 19.7 Å². The van der Waals surface area contributed by atoms with E-state index in [1.807, 2.05) is 0 Å². The van der Waals surface area contributed by atoms with Gasteiger partial charge in [0.1, 0.15) is 11.4 Å². The number of aryl methyl sites for hydroxylation is 1. The summed E-state index contributed by atoms with van der Waals surface area (Å²) in [6.07, 6.45) is 3.15. The number of pyridine rings is 1. The molecule has 2 atom stereocenters. The van der Waals surface area contributed by atoms with Crippen LogP contribution in [0.15, 0.2) is 67.0 Å². The zero-order valence-corrected chi connectivity index (χ0v) is 21.8. The summed E-state index contributed by atoms with van der Waals surface area (Å²) < 4.78 is 23.7. The van der Waals surface area contributed by atoms with Crippen LogP contribution in [-0.2, 0) is 29.7 Å². The molecule has 1 N–H and O–H groups in total. The smallest absolute Gasteiger partial charge is 0.257 e. The molecule has 7 nitrogen and oxygen atoms in total. The number of fused-ring (bicyclic) bond motifs is 1. The second-order valence-electron chi connectivity index (χ2n) is 9.04. The number of carbonyl (C=O) groups excluding carboxylic acids is 1. The molecule has 1 aliphatic heterocycles. The Morgan fingerprint density at radius 3 is 2.41 bits per heavy atom. The van der Waals surface area contributed by atoms with Gasteiger partial charge in [-0.1, -0.05) is 35.3 Å². The highest BCUT2D eigenvalue weighted by molar-refractivity contribution is 6.30. The van der Waals surface area contributed by atoms with E-state index in [4.69, 9.17) is 27.9 Å². The molecule has 0 bridgehead atoms. The van der Waals surface area contributed by atoms with E-state index in [1.54, 1.807) is 55.7 Å². The molecule has 10 heteroatoms. The summed E-state index contributed by atoms with van der Waals surface area (Å²) in [5.74, 6) is -1.19. The fraction of sp³-hybridized carbons (Fsp3) is 0.222. The molecule has 0 saturated carbocycles. The van der Waals surface area contributed by atoms with Crippen LogP contribution in [0.3, 0.4) is 0 Å². The molecule has 2 aromatic heterocycles. The lowest BCUT2D eigenvalue weighted by Crippen LogP contribution is -2.46. The van der Waals surface area contributed by atoms with Gasteiger partial charge >= 0.3 is 0 Å². The van der Waals surface area contributed by atoms with E-state index >= 15 is 4.39 Å². The maximum atomic E-state index is 16.1. The molecule has 0 saturated heterocycles. The molecule has 5 rings (SSSR count). The number of hydrogen-bond donors (Lipinski definition) is 1. The molecule has 4 aromatic rings. The van der Waals surface area contributed by atoms with Crippen molar-refractivity contribution in [2.75, 3.05) is 7.11 Å². The summed E-state index contributed by atoms with van der Waals surface area (Å²) in [5, 5.41) is 16.5. The molecule has 1 aliphatic rings. The SMILES string of the molecule is CO[C@]1(c2ccc(Cl)cc2)c2c(F)cc(C(C)(O)c3ccn(C)n3)cc2C(=O)N1Cc1ccc(Cl)cn1. The van der Waals surface area contributed by atoms with E-state index in [-0.39, 0.29) is 23.2 Å². The second-order valence-corrected chi connectivity index (χ2v) is 9.91. The number of carbonyl (C=O) groups is 1. The van der Waals surface area contributed by atoms with Crippen LogP contribution in [0.2, 0.25) is 10.0 Å². The van der Waals surface area contributed by atoms with Crippen molar-refractivity contribution in [3.63, 3.8) is 0 Å². The minimum atomic E-state index is -1.65. The number of ether oxygens (including phenoxy) is 1. The van der Waals surface area contributed by atoms with E-state index in [1.165, 1.54) is 41.9 Å². The predicted octanol–water partition coefficient (Wildman–Crippen LogP) is 5.02. The van der Waals surface area contributed by atoms with Crippen LogP contribution in [0, 0.1) is 5.82 Å². The third-order valence-electron chi connectivity index (χ3n) is 6.70. The van der Waals surface area contributed by atoms with Gasteiger partial charge in [-0.05, 0) is 55.0 Å². The molecule has 0 fully saturated rings. The van der Waals surface area contributed by atoms with Gasteiger partial charge in [0.05, 0.1) is 34.1 Å². The molecule has 2 aromatic carbocycles. The highest BCUT2D eigenvalue weighted by Crippen LogP contribution is 2.48. The zero-order valence-electron chi connectivity index (χ0n) is 20.2. The van der Waals surface area contributed by atoms with Crippen molar-refractivity contribution in [3.8, 4) is 0 Å². The first kappa shape index (κ1) is 25.4. The summed E-state index contributed by atoms with van der Waals surface area (Å²) >= 11 is 12.1. The summed E-state index contributed by atoms with van der Waals surface area (Å²) in [6, 6.07) is 14.4. The van der Waals surface area contributed by atoms with Gasteiger partial charge in [-0.2, -0.15) is 5.10 Å². The minimum Gasteiger partial charge on any atom is -0.379 e. The molecule has 0 aliphatic carbocycles. The number of halogens is 3. The monoisotopic (exact) mass is 540 g/mol. The van der Waals surface area contributed by atoms with Crippen molar-refractivity contribution in [2.45, 2.75) is 24.8 Å². The van der Waals surface area contributed by atoms with Crippen LogP contribution >= 0.6 is 23.2 Å². The number of rotatable bonds is 6. The first-order chi connectivity index (χ1) is 17.6. The molecule has 3 heterocycles. The van der Waals surface area contributed by atoms with Gasteiger partial charge in [0.2, 0.25) is 0 Å². The van der Waals surface area contributed by atoms with Crippen molar-refractivity contribution < 1.29 is 19.0 Å². The van der Waals surface area contributed by atoms with Crippen molar-refractivity contribution in [2.24, 2.45) is 7.05 Å². The number of methoxy groups -OCH3 is 1. The minimum absolute atomic E-state index is 0.00650. The number of amides is 1. The lowest BCUT2D eigenvalue weighted by molar-refractivity contribution is -0.0886. The summed E-state index contributed by atoms with van der Waals surface area (Å²) in [4.78, 5) is 19.7. The first-order valence-electron chi connectivity index (χ1n) is 11.4. The Hall–Kier alpha value is -3.30. The average Bonchev–Trinajstić information content (AvgIpc) is 3.42. The molecule has 0 radical (unpaired) electrons. The fourth-order valence-corrected chi connectivity index (χ4v) is 5.04. The predicted molar refractivity (Wildman–Crippen MR) is 137 cm³/mol. The second kappa shape index (κ2) is 9.22. The van der Waals surface area contributed by atoms with Crippen LogP contribution in [-0.4, -0.2) is 37.8 Å². The van der Waals surface area contributed by atoms with E-state index in [9.17, 15) is 9.90 Å². The van der Waals surface area contributed by atoms with Crippen molar-refractivity contribution >= 4 is 29.1 Å². The Bertz CT molecular complexity index is 1490. The summed E-state index contributed by atoms with van der Waals surface area (Å²) in [6.45, 7) is 1.51. The lowest BCUT2D eigenvalue weighted by atomic mass is 9.87. The van der Waals surface area contributed by atoms with Gasteiger partial charge in [-0.3, -0.25) is 19.4 Å². The average molecular weight is 541 g/mol. The van der Waals surface area contributed by atoms with E-state index in [0.29, 0.717) is 27.0 Å². The maximum Gasteiger partial charge on any atom is 0.257 e. The Labute approximate surface area is 223 Å². The molecular formula is C27H23Cl2FN4O3. The van der Waals surface area contributed by atoms with Gasteiger partial charge in [0.15, 0.2) is 5.72 Å². The first-order valence-corrected chi connectivity index (χ1v) is 12.1. The van der Waals surface area contributed by atoms with Crippen molar-refractivity contribution in [3.05, 3.63) is 116 Å². The quantitative estimate of drug-likeness (QED) is 0.371. The molecule has 37 heavy (non-hydrogen) atoms. The van der Waals surface area contributed by atoms with E-state index in [2.05, 4.69) is 10.1 Å². The maximum absolute atomic E-state index is 16.1. The molecule has 0 spiro atoms. The third kappa shape index (κ3) is 4.10. The molecular weight excluding hydrogens is 518 g/mol. The number of aliphatic hydroxyl groups is 1. The molecule has 190 valence electrons. The third-order valence-corrected chi connectivity index (χ3v) is 7.17. The topological polar surface area (TPSA) is 80.5 Å².